The van der Waals surface area contributed by atoms with Crippen molar-refractivity contribution in [2.75, 3.05) is 0 Å². The number of carbonyl (C=O) groups excluding carboxylic acids is 2. The molecule has 0 unspecified atom stereocenters. The van der Waals surface area contributed by atoms with Gasteiger partial charge in [-0.15, -0.1) is 0 Å². The number of nitrogens with zero attached hydrogens (tertiary/aromatic N) is 1. The monoisotopic (exact) mass is 443 g/mol. The Kier molecular flexibility index (Phi) is 4.28. The van der Waals surface area contributed by atoms with Crippen LogP contribution in [0.15, 0.2) is 53.0 Å². The number of halogens is 1. The molecule has 2 aliphatic rings. The first-order valence-electron chi connectivity index (χ1n) is 9.02. The van der Waals surface area contributed by atoms with Gasteiger partial charge in [-0.25, -0.2) is 0 Å². The van der Waals surface area contributed by atoms with E-state index in [4.69, 9.17) is 0 Å². The molecule has 144 valence electrons. The highest BCUT2D eigenvalue weighted by atomic mass is 79.9. The summed E-state index contributed by atoms with van der Waals surface area (Å²) in [6.45, 7) is 1.45. The summed E-state index contributed by atoms with van der Waals surface area (Å²) in [5.74, 6) is -2.14. The molecule has 6 nitrogen and oxygen atoms in total. The van der Waals surface area contributed by atoms with Crippen LogP contribution in [0.1, 0.15) is 52.0 Å². The molecule has 1 saturated carbocycles. The van der Waals surface area contributed by atoms with Gasteiger partial charge >= 0.3 is 0 Å². The molecule has 0 heterocycles. The first-order valence-corrected chi connectivity index (χ1v) is 9.81. The molecular formula is C21H18BrNO5. The van der Waals surface area contributed by atoms with Crippen molar-refractivity contribution in [2.24, 2.45) is 5.41 Å². The Morgan fingerprint density at radius 3 is 2.25 bits per heavy atom. The molecule has 1 N–H and O–H groups in total. The van der Waals surface area contributed by atoms with E-state index in [9.17, 15) is 24.8 Å². The minimum Gasteiger partial charge on any atom is -0.389 e. The Morgan fingerprint density at radius 1 is 1.11 bits per heavy atom. The fraction of sp³-hybridized carbons (Fsp3) is 0.333. The number of aliphatic hydroxyl groups is 1. The van der Waals surface area contributed by atoms with Gasteiger partial charge in [0.1, 0.15) is 5.41 Å². The number of benzene rings is 2. The van der Waals surface area contributed by atoms with Crippen LogP contribution in [-0.2, 0) is 0 Å². The molecule has 0 saturated heterocycles. The Balaban J connectivity index is 2.05. The second-order valence-corrected chi connectivity index (χ2v) is 8.63. The Hall–Kier alpha value is -2.38. The van der Waals surface area contributed by atoms with Gasteiger partial charge in [0.05, 0.1) is 11.5 Å². The second kappa shape index (κ2) is 6.32. The number of nitro groups is 1. The van der Waals surface area contributed by atoms with E-state index >= 15 is 0 Å². The van der Waals surface area contributed by atoms with Crippen molar-refractivity contribution in [3.05, 3.63) is 79.8 Å². The summed E-state index contributed by atoms with van der Waals surface area (Å²) in [5.41, 5.74) is -2.70. The molecule has 0 bridgehead atoms. The fourth-order valence-electron chi connectivity index (χ4n) is 4.99. The highest BCUT2D eigenvalue weighted by Gasteiger charge is 2.72. The summed E-state index contributed by atoms with van der Waals surface area (Å²) in [4.78, 5) is 38.8. The highest BCUT2D eigenvalue weighted by molar-refractivity contribution is 9.10. The fourth-order valence-corrected chi connectivity index (χ4v) is 5.41. The first kappa shape index (κ1) is 19.0. The van der Waals surface area contributed by atoms with Crippen molar-refractivity contribution in [3.63, 3.8) is 0 Å². The Bertz CT molecular complexity index is 980. The first-order chi connectivity index (χ1) is 13.2. The van der Waals surface area contributed by atoms with E-state index in [1.165, 1.54) is 6.92 Å². The van der Waals surface area contributed by atoms with E-state index in [2.05, 4.69) is 15.9 Å². The summed E-state index contributed by atoms with van der Waals surface area (Å²) in [5, 5.41) is 23.3. The maximum atomic E-state index is 13.6. The lowest BCUT2D eigenvalue weighted by Gasteiger charge is -2.49. The topological polar surface area (TPSA) is 97.5 Å². The van der Waals surface area contributed by atoms with Crippen LogP contribution in [0.2, 0.25) is 0 Å². The lowest BCUT2D eigenvalue weighted by molar-refractivity contribution is -0.535. The predicted molar refractivity (Wildman–Crippen MR) is 105 cm³/mol. The van der Waals surface area contributed by atoms with E-state index in [1.54, 1.807) is 48.5 Å². The van der Waals surface area contributed by atoms with Crippen LogP contribution in [-0.4, -0.2) is 33.2 Å². The van der Waals surface area contributed by atoms with E-state index in [-0.39, 0.29) is 24.0 Å². The normalized spacial score (nSPS) is 28.4. The third-order valence-corrected chi connectivity index (χ3v) is 6.73. The standard InChI is InChI=1S/C21H18BrNO5/c1-20(26)10-9-16(23(27)28)17(12-5-4-6-13(22)11-12)21(20)18(24)14-7-2-3-8-15(14)19(21)25/h2-8,11,16-17,26H,9-10H2,1H3/t16-,17+,20+/m1/s1. The molecule has 0 aromatic heterocycles. The summed E-state index contributed by atoms with van der Waals surface area (Å²) >= 11 is 3.37. The molecule has 2 aromatic rings. The van der Waals surface area contributed by atoms with Crippen LogP contribution in [0.25, 0.3) is 0 Å². The molecule has 1 fully saturated rings. The summed E-state index contributed by atoms with van der Waals surface area (Å²) in [6.07, 6.45) is 0.0739. The van der Waals surface area contributed by atoms with Gasteiger partial charge in [0.25, 0.3) is 0 Å². The van der Waals surface area contributed by atoms with Gasteiger partial charge in [0.2, 0.25) is 6.04 Å². The number of rotatable bonds is 2. The average Bonchev–Trinajstić information content (AvgIpc) is 2.87. The summed E-state index contributed by atoms with van der Waals surface area (Å²) in [7, 11) is 0. The lowest BCUT2D eigenvalue weighted by atomic mass is 9.52. The van der Waals surface area contributed by atoms with Gasteiger partial charge in [-0.2, -0.15) is 0 Å². The van der Waals surface area contributed by atoms with Gasteiger partial charge in [0.15, 0.2) is 11.6 Å². The Morgan fingerprint density at radius 2 is 1.71 bits per heavy atom. The van der Waals surface area contributed by atoms with E-state index in [0.29, 0.717) is 10.0 Å². The SMILES string of the molecule is C[C@]1(O)CC[C@@H]([N+](=O)[O-])[C@H](c2cccc(Br)c2)C12C(=O)c1ccccc1C2=O. The number of hydrogen-bond donors (Lipinski definition) is 1. The molecule has 7 heteroatoms. The number of carbonyl (C=O) groups is 2. The molecule has 28 heavy (non-hydrogen) atoms. The van der Waals surface area contributed by atoms with Crippen molar-refractivity contribution < 1.29 is 19.6 Å². The van der Waals surface area contributed by atoms with Crippen LogP contribution < -0.4 is 0 Å². The number of ketones is 2. The van der Waals surface area contributed by atoms with Gasteiger partial charge < -0.3 is 5.11 Å². The number of fused-ring (bicyclic) bond motifs is 1. The quantitative estimate of drug-likeness (QED) is 0.432. The van der Waals surface area contributed by atoms with Crippen molar-refractivity contribution in [2.45, 2.75) is 37.3 Å². The summed E-state index contributed by atoms with van der Waals surface area (Å²) in [6, 6.07) is 12.1. The summed E-state index contributed by atoms with van der Waals surface area (Å²) < 4.78 is 0.683. The zero-order valence-electron chi connectivity index (χ0n) is 15.1. The van der Waals surface area contributed by atoms with Crippen LogP contribution in [0, 0.1) is 15.5 Å². The highest BCUT2D eigenvalue weighted by Crippen LogP contribution is 2.59. The van der Waals surface area contributed by atoms with Crippen LogP contribution in [0.3, 0.4) is 0 Å². The van der Waals surface area contributed by atoms with Crippen LogP contribution >= 0.6 is 15.9 Å². The minimum atomic E-state index is -1.92. The zero-order valence-corrected chi connectivity index (χ0v) is 16.7. The lowest BCUT2D eigenvalue weighted by Crippen LogP contribution is -2.63. The maximum Gasteiger partial charge on any atom is 0.221 e. The van der Waals surface area contributed by atoms with Crippen molar-refractivity contribution in [1.82, 2.24) is 0 Å². The van der Waals surface area contributed by atoms with E-state index in [0.717, 1.165) is 0 Å². The maximum absolute atomic E-state index is 13.6. The van der Waals surface area contributed by atoms with Crippen molar-refractivity contribution in [3.8, 4) is 0 Å². The van der Waals surface area contributed by atoms with E-state index in [1.807, 2.05) is 0 Å². The van der Waals surface area contributed by atoms with Gasteiger partial charge in [-0.3, -0.25) is 19.7 Å². The molecule has 4 rings (SSSR count). The van der Waals surface area contributed by atoms with Gasteiger partial charge in [-0.1, -0.05) is 52.3 Å². The predicted octanol–water partition coefficient (Wildman–Crippen LogP) is 3.79. The molecule has 0 amide bonds. The van der Waals surface area contributed by atoms with Gasteiger partial charge in [-0.05, 0) is 31.0 Å². The molecule has 2 aromatic carbocycles. The third-order valence-electron chi connectivity index (χ3n) is 6.24. The van der Waals surface area contributed by atoms with Crippen molar-refractivity contribution in [1.29, 1.82) is 0 Å². The van der Waals surface area contributed by atoms with Crippen molar-refractivity contribution >= 4 is 27.5 Å². The van der Waals surface area contributed by atoms with Gasteiger partial charge in [0, 0.05) is 26.9 Å². The zero-order chi connectivity index (χ0) is 20.3. The second-order valence-electron chi connectivity index (χ2n) is 7.71. The minimum absolute atomic E-state index is 0.00534. The molecule has 1 spiro atoms. The molecule has 0 radical (unpaired) electrons. The molecule has 0 aliphatic heterocycles. The smallest absolute Gasteiger partial charge is 0.221 e. The largest absolute Gasteiger partial charge is 0.389 e. The van der Waals surface area contributed by atoms with E-state index < -0.39 is 39.5 Å². The Labute approximate surface area is 169 Å². The average molecular weight is 444 g/mol. The number of Topliss-reactive ketones (excluding diaryl/α,β-unsaturated/α-hetero) is 2. The number of hydrogen-bond acceptors (Lipinski definition) is 5. The van der Waals surface area contributed by atoms with Crippen LogP contribution in [0.5, 0.6) is 0 Å². The molecule has 2 aliphatic carbocycles. The molecular weight excluding hydrogens is 426 g/mol. The third kappa shape index (κ3) is 2.36. The van der Waals surface area contributed by atoms with Crippen LogP contribution in [0.4, 0.5) is 0 Å². The molecule has 3 atom stereocenters.